The SMILES string of the molecule is Cc1ccc(SCC(=O)N2CCN(c3nc4ccc(S(C)(=O)=O)cc4s3)CC2)cc1. The molecule has 0 saturated carbocycles. The summed E-state index contributed by atoms with van der Waals surface area (Å²) in [6.07, 6.45) is 1.21. The summed E-state index contributed by atoms with van der Waals surface area (Å²) in [5, 5.41) is 0.872. The van der Waals surface area contributed by atoms with E-state index < -0.39 is 9.84 Å². The van der Waals surface area contributed by atoms with E-state index in [-0.39, 0.29) is 5.91 Å². The van der Waals surface area contributed by atoms with Crippen LogP contribution in [0.15, 0.2) is 52.3 Å². The fourth-order valence-electron chi connectivity index (χ4n) is 3.28. The lowest BCUT2D eigenvalue weighted by molar-refractivity contribution is -0.128. The average molecular weight is 462 g/mol. The maximum atomic E-state index is 12.6. The number of anilines is 1. The molecule has 2 heterocycles. The number of benzene rings is 2. The number of thiazole rings is 1. The summed E-state index contributed by atoms with van der Waals surface area (Å²) in [4.78, 5) is 22.7. The Labute approximate surface area is 184 Å². The van der Waals surface area contributed by atoms with E-state index in [4.69, 9.17) is 0 Å². The molecule has 30 heavy (non-hydrogen) atoms. The van der Waals surface area contributed by atoms with E-state index in [9.17, 15) is 13.2 Å². The molecule has 9 heteroatoms. The average Bonchev–Trinajstić information content (AvgIpc) is 3.16. The van der Waals surface area contributed by atoms with Crippen molar-refractivity contribution < 1.29 is 13.2 Å². The summed E-state index contributed by atoms with van der Waals surface area (Å²) in [5.74, 6) is 0.598. The lowest BCUT2D eigenvalue weighted by Crippen LogP contribution is -2.49. The number of piperazine rings is 1. The van der Waals surface area contributed by atoms with Gasteiger partial charge in [-0.15, -0.1) is 11.8 Å². The van der Waals surface area contributed by atoms with E-state index >= 15 is 0 Å². The zero-order chi connectivity index (χ0) is 21.3. The Morgan fingerprint density at radius 3 is 2.47 bits per heavy atom. The largest absolute Gasteiger partial charge is 0.345 e. The van der Waals surface area contributed by atoms with Crippen molar-refractivity contribution in [2.45, 2.75) is 16.7 Å². The van der Waals surface area contributed by atoms with Gasteiger partial charge in [-0.2, -0.15) is 0 Å². The standard InChI is InChI=1S/C21H23N3O3S3/c1-15-3-5-16(6-4-15)28-14-20(25)23-9-11-24(12-10-23)21-22-18-8-7-17(30(2,26)27)13-19(18)29-21/h3-8,13H,9-12,14H2,1-2H3. The second-order valence-electron chi connectivity index (χ2n) is 7.37. The molecule has 1 aliphatic rings. The Kier molecular flexibility index (Phi) is 6.04. The van der Waals surface area contributed by atoms with Crippen molar-refractivity contribution >= 4 is 54.2 Å². The topological polar surface area (TPSA) is 70.6 Å². The summed E-state index contributed by atoms with van der Waals surface area (Å²) in [6.45, 7) is 4.82. The highest BCUT2D eigenvalue weighted by Crippen LogP contribution is 2.31. The number of hydrogen-bond acceptors (Lipinski definition) is 7. The number of aryl methyl sites for hydroxylation is 1. The van der Waals surface area contributed by atoms with E-state index in [0.29, 0.717) is 23.7 Å². The van der Waals surface area contributed by atoms with Crippen molar-refractivity contribution in [3.8, 4) is 0 Å². The van der Waals surface area contributed by atoms with Gasteiger partial charge in [-0.1, -0.05) is 29.0 Å². The number of hydrogen-bond donors (Lipinski definition) is 0. The van der Waals surface area contributed by atoms with Crippen LogP contribution in [0.25, 0.3) is 10.2 Å². The van der Waals surface area contributed by atoms with Gasteiger partial charge >= 0.3 is 0 Å². The first kappa shape index (κ1) is 21.1. The van der Waals surface area contributed by atoms with Crippen LogP contribution in [0.2, 0.25) is 0 Å². The first-order valence-electron chi connectivity index (χ1n) is 9.62. The molecule has 0 N–H and O–H groups in total. The second kappa shape index (κ2) is 8.56. The molecule has 0 spiro atoms. The molecule has 1 amide bonds. The molecule has 0 bridgehead atoms. The lowest BCUT2D eigenvalue weighted by Gasteiger charge is -2.34. The Bertz CT molecular complexity index is 1170. The first-order valence-corrected chi connectivity index (χ1v) is 13.3. The second-order valence-corrected chi connectivity index (χ2v) is 11.4. The van der Waals surface area contributed by atoms with E-state index in [0.717, 1.165) is 33.3 Å². The number of sulfone groups is 1. The number of thioether (sulfide) groups is 1. The van der Waals surface area contributed by atoms with Crippen LogP contribution in [0.4, 0.5) is 5.13 Å². The Hall–Kier alpha value is -2.10. The molecule has 0 radical (unpaired) electrons. The first-order chi connectivity index (χ1) is 14.3. The minimum absolute atomic E-state index is 0.155. The quantitative estimate of drug-likeness (QED) is 0.542. The molecular formula is C21H23N3O3S3. The normalized spacial score (nSPS) is 15.0. The van der Waals surface area contributed by atoms with E-state index in [1.54, 1.807) is 30.0 Å². The number of carbonyl (C=O) groups excluding carboxylic acids is 1. The summed E-state index contributed by atoms with van der Waals surface area (Å²) in [6, 6.07) is 13.3. The maximum Gasteiger partial charge on any atom is 0.233 e. The van der Waals surface area contributed by atoms with Gasteiger partial charge in [-0.3, -0.25) is 4.79 Å². The molecule has 4 rings (SSSR count). The minimum atomic E-state index is -3.24. The van der Waals surface area contributed by atoms with Gasteiger partial charge in [0, 0.05) is 37.3 Å². The van der Waals surface area contributed by atoms with Crippen molar-refractivity contribution in [3.05, 3.63) is 48.0 Å². The fraction of sp³-hybridized carbons (Fsp3) is 0.333. The third-order valence-corrected chi connectivity index (χ3v) is 8.25. The molecular weight excluding hydrogens is 438 g/mol. The maximum absolute atomic E-state index is 12.6. The number of nitrogens with zero attached hydrogens (tertiary/aromatic N) is 3. The third kappa shape index (κ3) is 4.79. The summed E-state index contributed by atoms with van der Waals surface area (Å²) < 4.78 is 24.4. The molecule has 1 saturated heterocycles. The summed E-state index contributed by atoms with van der Waals surface area (Å²) >= 11 is 3.07. The van der Waals surface area contributed by atoms with E-state index in [2.05, 4.69) is 28.9 Å². The van der Waals surface area contributed by atoms with Gasteiger partial charge in [-0.25, -0.2) is 13.4 Å². The predicted molar refractivity (Wildman–Crippen MR) is 123 cm³/mol. The zero-order valence-electron chi connectivity index (χ0n) is 16.9. The number of aromatic nitrogens is 1. The molecule has 158 valence electrons. The molecule has 1 fully saturated rings. The molecule has 0 unspecified atom stereocenters. The third-order valence-electron chi connectivity index (χ3n) is 5.06. The molecule has 1 aromatic heterocycles. The van der Waals surface area contributed by atoms with Crippen LogP contribution in [-0.2, 0) is 14.6 Å². The van der Waals surface area contributed by atoms with Crippen LogP contribution in [0.5, 0.6) is 0 Å². The van der Waals surface area contributed by atoms with Gasteiger partial charge in [0.2, 0.25) is 5.91 Å². The number of rotatable bonds is 5. The molecule has 0 atom stereocenters. The molecule has 1 aliphatic heterocycles. The smallest absolute Gasteiger partial charge is 0.233 e. The highest BCUT2D eigenvalue weighted by atomic mass is 32.2. The Balaban J connectivity index is 1.35. The van der Waals surface area contributed by atoms with Crippen LogP contribution in [0, 0.1) is 6.92 Å². The monoisotopic (exact) mass is 461 g/mol. The van der Waals surface area contributed by atoms with Crippen LogP contribution < -0.4 is 4.90 Å². The van der Waals surface area contributed by atoms with Crippen molar-refractivity contribution in [1.29, 1.82) is 0 Å². The zero-order valence-corrected chi connectivity index (χ0v) is 19.3. The van der Waals surface area contributed by atoms with E-state index in [1.165, 1.54) is 23.2 Å². The van der Waals surface area contributed by atoms with Crippen LogP contribution in [-0.4, -0.2) is 62.4 Å². The van der Waals surface area contributed by atoms with Crippen LogP contribution >= 0.6 is 23.1 Å². The Morgan fingerprint density at radius 1 is 1.10 bits per heavy atom. The van der Waals surface area contributed by atoms with Crippen molar-refractivity contribution in [2.75, 3.05) is 43.1 Å². The minimum Gasteiger partial charge on any atom is -0.345 e. The number of carbonyl (C=O) groups is 1. The summed E-state index contributed by atoms with van der Waals surface area (Å²) in [5.41, 5.74) is 2.01. The van der Waals surface area contributed by atoms with Gasteiger partial charge in [0.1, 0.15) is 0 Å². The fourth-order valence-corrected chi connectivity index (χ4v) is 5.86. The molecule has 0 aliphatic carbocycles. The highest BCUT2D eigenvalue weighted by molar-refractivity contribution is 8.00. The highest BCUT2D eigenvalue weighted by Gasteiger charge is 2.23. The van der Waals surface area contributed by atoms with Gasteiger partial charge in [0.15, 0.2) is 15.0 Å². The van der Waals surface area contributed by atoms with Crippen LogP contribution in [0.1, 0.15) is 5.56 Å². The Morgan fingerprint density at radius 2 is 1.80 bits per heavy atom. The van der Waals surface area contributed by atoms with Crippen LogP contribution in [0.3, 0.4) is 0 Å². The lowest BCUT2D eigenvalue weighted by atomic mass is 10.2. The van der Waals surface area contributed by atoms with Crippen molar-refractivity contribution in [2.24, 2.45) is 0 Å². The molecule has 2 aromatic carbocycles. The van der Waals surface area contributed by atoms with Gasteiger partial charge in [0.25, 0.3) is 0 Å². The van der Waals surface area contributed by atoms with Gasteiger partial charge < -0.3 is 9.80 Å². The number of fused-ring (bicyclic) bond motifs is 1. The van der Waals surface area contributed by atoms with Crippen molar-refractivity contribution in [3.63, 3.8) is 0 Å². The summed E-state index contributed by atoms with van der Waals surface area (Å²) in [7, 11) is -3.24. The van der Waals surface area contributed by atoms with Gasteiger partial charge in [0.05, 0.1) is 20.9 Å². The van der Waals surface area contributed by atoms with Gasteiger partial charge in [-0.05, 0) is 37.3 Å². The molecule has 6 nitrogen and oxygen atoms in total. The van der Waals surface area contributed by atoms with Crippen molar-refractivity contribution in [1.82, 2.24) is 9.88 Å². The number of amides is 1. The molecule has 3 aromatic rings. The van der Waals surface area contributed by atoms with E-state index in [1.807, 2.05) is 17.0 Å². The predicted octanol–water partition coefficient (Wildman–Crippen LogP) is 3.45.